The van der Waals surface area contributed by atoms with E-state index in [4.69, 9.17) is 4.74 Å². The second kappa shape index (κ2) is 7.01. The van der Waals surface area contributed by atoms with Crippen molar-refractivity contribution in [3.63, 3.8) is 0 Å². The Balaban J connectivity index is 2.10. The van der Waals surface area contributed by atoms with Gasteiger partial charge < -0.3 is 14.7 Å². The fourth-order valence-electron chi connectivity index (χ4n) is 3.14. The number of methoxy groups -OCH3 is 1. The summed E-state index contributed by atoms with van der Waals surface area (Å²) in [6.07, 6.45) is 3.52. The molecule has 1 heterocycles. The van der Waals surface area contributed by atoms with Crippen molar-refractivity contribution >= 4 is 5.69 Å². The van der Waals surface area contributed by atoms with Crippen LogP contribution < -0.4 is 9.64 Å². The minimum Gasteiger partial charge on any atom is -0.497 e. The fraction of sp³-hybridized carbons (Fsp3) is 0.368. The molecule has 0 aliphatic carbocycles. The van der Waals surface area contributed by atoms with Gasteiger partial charge >= 0.3 is 0 Å². The average molecular weight is 315 g/mol. The summed E-state index contributed by atoms with van der Waals surface area (Å²) >= 11 is 0. The van der Waals surface area contributed by atoms with Gasteiger partial charge in [-0.1, -0.05) is 12.1 Å². The summed E-state index contributed by atoms with van der Waals surface area (Å²) in [6, 6.07) is 10.5. The highest BCUT2D eigenvalue weighted by Crippen LogP contribution is 2.36. The summed E-state index contributed by atoms with van der Waals surface area (Å²) in [5.74, 6) is 0.373. The molecular formula is C19H22FNO2. The van der Waals surface area contributed by atoms with E-state index in [-0.39, 0.29) is 12.4 Å². The number of hydrogen-bond acceptors (Lipinski definition) is 3. The molecule has 0 spiro atoms. The third-order valence-electron chi connectivity index (χ3n) is 4.41. The predicted octanol–water partition coefficient (Wildman–Crippen LogP) is 3.98. The highest BCUT2D eigenvalue weighted by atomic mass is 19.1. The average Bonchev–Trinajstić information content (AvgIpc) is 2.62. The Kier molecular flexibility index (Phi) is 4.82. The molecule has 0 saturated carbocycles. The number of ether oxygens (including phenoxy) is 1. The first-order chi connectivity index (χ1) is 11.2. The van der Waals surface area contributed by atoms with Crippen molar-refractivity contribution in [3.8, 4) is 16.9 Å². The van der Waals surface area contributed by atoms with Gasteiger partial charge in [0, 0.05) is 29.9 Å². The van der Waals surface area contributed by atoms with Gasteiger partial charge in [0.25, 0.3) is 0 Å². The van der Waals surface area contributed by atoms with Crippen LogP contribution in [0.2, 0.25) is 0 Å². The van der Waals surface area contributed by atoms with Gasteiger partial charge in [-0.2, -0.15) is 0 Å². The van der Waals surface area contributed by atoms with Crippen LogP contribution in [0.15, 0.2) is 36.4 Å². The van der Waals surface area contributed by atoms with Crippen LogP contribution in [-0.4, -0.2) is 25.3 Å². The van der Waals surface area contributed by atoms with Crippen LogP contribution in [0.5, 0.6) is 5.75 Å². The molecule has 3 nitrogen and oxygen atoms in total. The van der Waals surface area contributed by atoms with Gasteiger partial charge in [-0.3, -0.25) is 0 Å². The Labute approximate surface area is 136 Å². The van der Waals surface area contributed by atoms with Gasteiger partial charge in [0.1, 0.15) is 11.6 Å². The topological polar surface area (TPSA) is 32.7 Å². The third-order valence-corrected chi connectivity index (χ3v) is 4.41. The molecule has 23 heavy (non-hydrogen) atoms. The van der Waals surface area contributed by atoms with Crippen molar-refractivity contribution in [1.29, 1.82) is 0 Å². The Bertz CT molecular complexity index is 681. The lowest BCUT2D eigenvalue weighted by molar-refractivity contribution is 0.282. The second-order valence-electron chi connectivity index (χ2n) is 5.90. The number of rotatable bonds is 4. The summed E-state index contributed by atoms with van der Waals surface area (Å²) in [6.45, 7) is 1.92. The maximum Gasteiger partial charge on any atom is 0.131 e. The van der Waals surface area contributed by atoms with Gasteiger partial charge in [0.15, 0.2) is 0 Å². The lowest BCUT2D eigenvalue weighted by atomic mass is 9.98. The van der Waals surface area contributed by atoms with E-state index in [1.807, 2.05) is 18.2 Å². The van der Waals surface area contributed by atoms with Crippen LogP contribution in [0.3, 0.4) is 0 Å². The largest absolute Gasteiger partial charge is 0.497 e. The molecule has 1 aliphatic rings. The molecule has 1 saturated heterocycles. The smallest absolute Gasteiger partial charge is 0.131 e. The predicted molar refractivity (Wildman–Crippen MR) is 90.4 cm³/mol. The van der Waals surface area contributed by atoms with Crippen molar-refractivity contribution in [1.82, 2.24) is 0 Å². The minimum atomic E-state index is -0.263. The van der Waals surface area contributed by atoms with Gasteiger partial charge in [0.2, 0.25) is 0 Å². The summed E-state index contributed by atoms with van der Waals surface area (Å²) in [5, 5.41) is 9.45. The van der Waals surface area contributed by atoms with Crippen LogP contribution in [0.25, 0.3) is 11.1 Å². The highest BCUT2D eigenvalue weighted by molar-refractivity contribution is 5.80. The molecule has 2 aromatic rings. The Morgan fingerprint density at radius 2 is 1.83 bits per heavy atom. The molecule has 2 aromatic carbocycles. The number of anilines is 1. The van der Waals surface area contributed by atoms with Crippen molar-refractivity contribution in [2.75, 3.05) is 25.1 Å². The van der Waals surface area contributed by atoms with Gasteiger partial charge in [-0.15, -0.1) is 0 Å². The second-order valence-corrected chi connectivity index (χ2v) is 5.90. The Hall–Kier alpha value is -2.07. The first-order valence-electron chi connectivity index (χ1n) is 8.05. The molecule has 4 heteroatoms. The zero-order chi connectivity index (χ0) is 16.2. The summed E-state index contributed by atoms with van der Waals surface area (Å²) < 4.78 is 19.6. The molecule has 0 unspecified atom stereocenters. The van der Waals surface area contributed by atoms with E-state index < -0.39 is 0 Å². The van der Waals surface area contributed by atoms with E-state index in [2.05, 4.69) is 4.90 Å². The van der Waals surface area contributed by atoms with Gasteiger partial charge in [0.05, 0.1) is 13.7 Å². The molecule has 3 rings (SSSR count). The van der Waals surface area contributed by atoms with E-state index in [1.165, 1.54) is 12.5 Å². The van der Waals surface area contributed by atoms with E-state index in [0.717, 1.165) is 42.7 Å². The molecule has 122 valence electrons. The first-order valence-corrected chi connectivity index (χ1v) is 8.05. The fourth-order valence-corrected chi connectivity index (χ4v) is 3.14. The number of aliphatic hydroxyl groups excluding tert-OH is 1. The summed E-state index contributed by atoms with van der Waals surface area (Å²) in [7, 11) is 1.58. The number of hydrogen-bond donors (Lipinski definition) is 1. The SMILES string of the molecule is COc1ccc(F)c(-c2ccc(CO)cc2N2CCCCC2)c1. The van der Waals surface area contributed by atoms with Crippen molar-refractivity contribution in [2.45, 2.75) is 25.9 Å². The molecule has 0 bridgehead atoms. The van der Waals surface area contributed by atoms with Crippen molar-refractivity contribution < 1.29 is 14.2 Å². The zero-order valence-corrected chi connectivity index (χ0v) is 13.4. The summed E-state index contributed by atoms with van der Waals surface area (Å²) in [5.41, 5.74) is 3.22. The van der Waals surface area contributed by atoms with Crippen molar-refractivity contribution in [2.24, 2.45) is 0 Å². The van der Waals surface area contributed by atoms with Crippen LogP contribution in [0.1, 0.15) is 24.8 Å². The molecule has 0 atom stereocenters. The first kappa shape index (κ1) is 15.8. The number of nitrogens with zero attached hydrogens (tertiary/aromatic N) is 1. The maximum absolute atomic E-state index is 14.4. The van der Waals surface area contributed by atoms with E-state index >= 15 is 0 Å². The molecular weight excluding hydrogens is 293 g/mol. The normalized spacial score (nSPS) is 14.8. The monoisotopic (exact) mass is 315 g/mol. The molecule has 0 radical (unpaired) electrons. The number of benzene rings is 2. The van der Waals surface area contributed by atoms with Crippen LogP contribution in [0.4, 0.5) is 10.1 Å². The van der Waals surface area contributed by atoms with E-state index in [9.17, 15) is 9.50 Å². The molecule has 1 N–H and O–H groups in total. The van der Waals surface area contributed by atoms with Crippen LogP contribution in [-0.2, 0) is 6.61 Å². The Morgan fingerprint density at radius 1 is 1.04 bits per heavy atom. The zero-order valence-electron chi connectivity index (χ0n) is 13.4. The molecule has 0 aromatic heterocycles. The lowest BCUT2D eigenvalue weighted by Crippen LogP contribution is -2.30. The molecule has 0 amide bonds. The number of piperidine rings is 1. The number of aliphatic hydroxyl groups is 1. The standard InChI is InChI=1S/C19H22FNO2/c1-23-15-6-8-18(20)17(12-15)16-7-5-14(13-22)11-19(16)21-9-3-2-4-10-21/h5-8,11-12,22H,2-4,9-10,13H2,1H3. The molecule has 1 fully saturated rings. The van der Waals surface area contributed by atoms with Crippen LogP contribution in [0, 0.1) is 5.82 Å². The van der Waals surface area contributed by atoms with Crippen LogP contribution >= 0.6 is 0 Å². The quantitative estimate of drug-likeness (QED) is 0.926. The molecule has 1 aliphatic heterocycles. The summed E-state index contributed by atoms with van der Waals surface area (Å²) in [4.78, 5) is 2.29. The van der Waals surface area contributed by atoms with Gasteiger partial charge in [-0.05, 0) is 49.1 Å². The van der Waals surface area contributed by atoms with E-state index in [0.29, 0.717) is 11.3 Å². The number of halogens is 1. The Morgan fingerprint density at radius 3 is 2.52 bits per heavy atom. The third kappa shape index (κ3) is 3.32. The highest BCUT2D eigenvalue weighted by Gasteiger charge is 2.18. The van der Waals surface area contributed by atoms with Crippen molar-refractivity contribution in [3.05, 3.63) is 47.8 Å². The van der Waals surface area contributed by atoms with E-state index in [1.54, 1.807) is 19.2 Å². The minimum absolute atomic E-state index is 0.0122. The van der Waals surface area contributed by atoms with Gasteiger partial charge in [-0.25, -0.2) is 4.39 Å². The lowest BCUT2D eigenvalue weighted by Gasteiger charge is -2.31. The maximum atomic E-state index is 14.4.